The van der Waals surface area contributed by atoms with Gasteiger partial charge in [0, 0.05) is 19.8 Å². The van der Waals surface area contributed by atoms with E-state index in [0.29, 0.717) is 16.9 Å². The van der Waals surface area contributed by atoms with Crippen molar-refractivity contribution >= 4 is 27.3 Å². The van der Waals surface area contributed by atoms with Crippen LogP contribution in [-0.4, -0.2) is 34.7 Å². The van der Waals surface area contributed by atoms with Crippen molar-refractivity contribution < 1.29 is 17.6 Å². The first kappa shape index (κ1) is 17.9. The summed E-state index contributed by atoms with van der Waals surface area (Å²) in [6, 6.07) is 12.5. The number of hydrogen-bond acceptors (Lipinski definition) is 3. The van der Waals surface area contributed by atoms with E-state index in [1.807, 2.05) is 0 Å². The Balaban J connectivity index is 2.12. The maximum Gasteiger partial charge on any atom is 0.231 e. The van der Waals surface area contributed by atoms with Crippen molar-refractivity contribution in [3.05, 3.63) is 59.9 Å². The molecule has 0 fully saturated rings. The molecule has 2 rings (SSSR count). The van der Waals surface area contributed by atoms with Crippen LogP contribution in [0.2, 0.25) is 0 Å². The lowest BCUT2D eigenvalue weighted by molar-refractivity contribution is -0.117. The van der Waals surface area contributed by atoms with Gasteiger partial charge in [-0.25, -0.2) is 12.8 Å². The fourth-order valence-corrected chi connectivity index (χ4v) is 2.67. The van der Waals surface area contributed by atoms with Gasteiger partial charge in [0.1, 0.15) is 5.82 Å². The Kier molecular flexibility index (Phi) is 5.23. The van der Waals surface area contributed by atoms with Gasteiger partial charge in [0.2, 0.25) is 15.9 Å². The molecule has 24 heavy (non-hydrogen) atoms. The first-order chi connectivity index (χ1) is 11.2. The number of sulfonamides is 1. The maximum atomic E-state index is 13.2. The second-order valence-corrected chi connectivity index (χ2v) is 7.52. The second-order valence-electron chi connectivity index (χ2n) is 5.51. The number of benzene rings is 2. The third kappa shape index (κ3) is 4.32. The molecule has 7 heteroatoms. The van der Waals surface area contributed by atoms with Crippen LogP contribution in [0.15, 0.2) is 48.5 Å². The topological polar surface area (TPSA) is 57.7 Å². The molecule has 0 aliphatic heterocycles. The van der Waals surface area contributed by atoms with Crippen LogP contribution < -0.4 is 9.21 Å². The summed E-state index contributed by atoms with van der Waals surface area (Å²) >= 11 is 0. The smallest absolute Gasteiger partial charge is 0.231 e. The van der Waals surface area contributed by atoms with Crippen LogP contribution in [0.3, 0.4) is 0 Å². The maximum absolute atomic E-state index is 13.2. The first-order valence-electron chi connectivity index (χ1n) is 7.23. The van der Waals surface area contributed by atoms with Gasteiger partial charge in [0.25, 0.3) is 0 Å². The van der Waals surface area contributed by atoms with Crippen LogP contribution in [-0.2, 0) is 21.2 Å². The first-order valence-corrected chi connectivity index (χ1v) is 9.08. The van der Waals surface area contributed by atoms with E-state index in [1.165, 1.54) is 24.1 Å². The van der Waals surface area contributed by atoms with Crippen molar-refractivity contribution in [3.63, 3.8) is 0 Å². The quantitative estimate of drug-likeness (QED) is 0.832. The Morgan fingerprint density at radius 3 is 2.17 bits per heavy atom. The largest absolute Gasteiger partial charge is 0.315 e. The Hall–Kier alpha value is -2.41. The van der Waals surface area contributed by atoms with E-state index in [4.69, 9.17) is 0 Å². The van der Waals surface area contributed by atoms with Gasteiger partial charge < -0.3 is 4.90 Å². The summed E-state index contributed by atoms with van der Waals surface area (Å²) in [7, 11) is -0.249. The van der Waals surface area contributed by atoms with Crippen LogP contribution >= 0.6 is 0 Å². The Labute approximate surface area is 141 Å². The minimum Gasteiger partial charge on any atom is -0.315 e. The summed E-state index contributed by atoms with van der Waals surface area (Å²) in [6.07, 6.45) is 1.20. The highest BCUT2D eigenvalue weighted by Gasteiger charge is 2.15. The monoisotopic (exact) mass is 350 g/mol. The number of carbonyl (C=O) groups is 1. The molecule has 0 spiro atoms. The van der Waals surface area contributed by atoms with Crippen LogP contribution in [0.1, 0.15) is 5.56 Å². The lowest BCUT2D eigenvalue weighted by atomic mass is 10.1. The fraction of sp³-hybridized carbons (Fsp3) is 0.235. The third-order valence-electron chi connectivity index (χ3n) is 3.72. The lowest BCUT2D eigenvalue weighted by Gasteiger charge is -2.20. The van der Waals surface area contributed by atoms with Crippen molar-refractivity contribution in [1.29, 1.82) is 0 Å². The van der Waals surface area contributed by atoms with E-state index in [-0.39, 0.29) is 18.1 Å². The molecule has 0 aliphatic rings. The molecule has 0 unspecified atom stereocenters. The van der Waals surface area contributed by atoms with Gasteiger partial charge in [0.05, 0.1) is 18.4 Å². The van der Waals surface area contributed by atoms with Crippen LogP contribution in [0.4, 0.5) is 15.8 Å². The molecule has 0 bridgehead atoms. The summed E-state index contributed by atoms with van der Waals surface area (Å²) in [5, 5.41) is 0. The van der Waals surface area contributed by atoms with Crippen molar-refractivity contribution in [2.75, 3.05) is 29.6 Å². The molecule has 0 radical (unpaired) electrons. The normalized spacial score (nSPS) is 11.2. The summed E-state index contributed by atoms with van der Waals surface area (Å²) < 4.78 is 37.4. The zero-order chi connectivity index (χ0) is 17.9. The molecule has 2 aromatic rings. The fourth-order valence-electron chi connectivity index (χ4n) is 2.16. The average Bonchev–Trinajstić information content (AvgIpc) is 2.52. The van der Waals surface area contributed by atoms with Gasteiger partial charge in [-0.3, -0.25) is 9.10 Å². The van der Waals surface area contributed by atoms with E-state index in [2.05, 4.69) is 0 Å². The zero-order valence-corrected chi connectivity index (χ0v) is 14.5. The standard InChI is InChI=1S/C17H19FN2O3S/c1-19(17(21)12-13-5-4-6-14(18)11-13)15-7-9-16(10-8-15)20(2)24(3,22)23/h4-11H,12H2,1-3H3. The molecule has 0 saturated heterocycles. The molecule has 0 aliphatic carbocycles. The molecule has 0 N–H and O–H groups in total. The van der Waals surface area contributed by atoms with Crippen LogP contribution in [0.5, 0.6) is 0 Å². The zero-order valence-electron chi connectivity index (χ0n) is 13.7. The molecule has 0 heterocycles. The van der Waals surface area contributed by atoms with Crippen molar-refractivity contribution in [2.45, 2.75) is 6.42 Å². The van der Waals surface area contributed by atoms with Gasteiger partial charge in [-0.2, -0.15) is 0 Å². The molecule has 2 aromatic carbocycles. The number of likely N-dealkylation sites (N-methyl/N-ethyl adjacent to an activating group) is 1. The summed E-state index contributed by atoms with van der Waals surface area (Å²) in [5.41, 5.74) is 1.73. The van der Waals surface area contributed by atoms with Gasteiger partial charge in [-0.15, -0.1) is 0 Å². The van der Waals surface area contributed by atoms with Crippen molar-refractivity contribution in [3.8, 4) is 0 Å². The molecule has 0 atom stereocenters. The highest BCUT2D eigenvalue weighted by atomic mass is 32.2. The van der Waals surface area contributed by atoms with Crippen molar-refractivity contribution in [1.82, 2.24) is 0 Å². The van der Waals surface area contributed by atoms with Gasteiger partial charge in [-0.05, 0) is 42.0 Å². The molecular formula is C17H19FN2O3S. The van der Waals surface area contributed by atoms with Crippen LogP contribution in [0, 0.1) is 5.82 Å². The number of hydrogen-bond donors (Lipinski definition) is 0. The highest BCUT2D eigenvalue weighted by Crippen LogP contribution is 2.21. The summed E-state index contributed by atoms with van der Waals surface area (Å²) in [5.74, 6) is -0.569. The molecule has 0 aromatic heterocycles. The Bertz CT molecular complexity index is 835. The number of anilines is 2. The average molecular weight is 350 g/mol. The summed E-state index contributed by atoms with van der Waals surface area (Å²) in [4.78, 5) is 13.8. The number of nitrogens with zero attached hydrogens (tertiary/aromatic N) is 2. The summed E-state index contributed by atoms with van der Waals surface area (Å²) in [6.45, 7) is 0. The molecule has 128 valence electrons. The highest BCUT2D eigenvalue weighted by molar-refractivity contribution is 7.92. The molecule has 1 amide bonds. The SMILES string of the molecule is CN(C(=O)Cc1cccc(F)c1)c1ccc(N(C)S(C)(=O)=O)cc1. The van der Waals surface area contributed by atoms with E-state index in [1.54, 1.807) is 43.4 Å². The number of rotatable bonds is 5. The minimum atomic E-state index is -3.33. The predicted molar refractivity (Wildman–Crippen MR) is 93.2 cm³/mol. The molecular weight excluding hydrogens is 331 g/mol. The van der Waals surface area contributed by atoms with Gasteiger partial charge in [0.15, 0.2) is 0 Å². The van der Waals surface area contributed by atoms with Crippen molar-refractivity contribution in [2.24, 2.45) is 0 Å². The molecule has 5 nitrogen and oxygen atoms in total. The van der Waals surface area contributed by atoms with E-state index in [0.717, 1.165) is 10.6 Å². The predicted octanol–water partition coefficient (Wildman–Crippen LogP) is 2.43. The number of amides is 1. The second kappa shape index (κ2) is 7.00. The Morgan fingerprint density at radius 2 is 1.62 bits per heavy atom. The van der Waals surface area contributed by atoms with Crippen LogP contribution in [0.25, 0.3) is 0 Å². The lowest BCUT2D eigenvalue weighted by Crippen LogP contribution is -2.28. The number of halogens is 1. The Morgan fingerprint density at radius 1 is 1.04 bits per heavy atom. The van der Waals surface area contributed by atoms with E-state index in [9.17, 15) is 17.6 Å². The van der Waals surface area contributed by atoms with Gasteiger partial charge in [-0.1, -0.05) is 12.1 Å². The van der Waals surface area contributed by atoms with Gasteiger partial charge >= 0.3 is 0 Å². The third-order valence-corrected chi connectivity index (χ3v) is 4.92. The molecule has 0 saturated carbocycles. The van der Waals surface area contributed by atoms with E-state index >= 15 is 0 Å². The van der Waals surface area contributed by atoms with E-state index < -0.39 is 10.0 Å². The minimum absolute atomic E-state index is 0.0826. The number of carbonyl (C=O) groups excluding carboxylic acids is 1.